The van der Waals surface area contributed by atoms with E-state index >= 15 is 0 Å². The molecule has 1 aromatic heterocycles. The molecule has 30 heavy (non-hydrogen) atoms. The standard InChI is InChI=1S/C23H30ClN3O3/c1-23(2,3)30-21(29)14-25-19-12-9-16-18(26-19)11-10-17(24)22(16)27-20(28)13-15-7-5-4-6-8-15/h9-12,15H,4-8,13-14H2,1-3H3,(H,25,26)(H,27,28). The summed E-state index contributed by atoms with van der Waals surface area (Å²) in [7, 11) is 0. The van der Waals surface area contributed by atoms with E-state index in [0.717, 1.165) is 18.2 Å². The summed E-state index contributed by atoms with van der Waals surface area (Å²) >= 11 is 6.37. The molecule has 0 radical (unpaired) electrons. The summed E-state index contributed by atoms with van der Waals surface area (Å²) < 4.78 is 5.29. The van der Waals surface area contributed by atoms with Crippen LogP contribution in [-0.4, -0.2) is 29.0 Å². The first kappa shape index (κ1) is 22.3. The molecule has 1 fully saturated rings. The molecule has 2 aromatic rings. The lowest BCUT2D eigenvalue weighted by Crippen LogP contribution is -2.28. The van der Waals surface area contributed by atoms with E-state index in [4.69, 9.17) is 16.3 Å². The van der Waals surface area contributed by atoms with Gasteiger partial charge < -0.3 is 15.4 Å². The second-order valence-corrected chi connectivity index (χ2v) is 9.29. The minimum absolute atomic E-state index is 0.0107. The summed E-state index contributed by atoms with van der Waals surface area (Å²) in [5.74, 6) is 0.643. The average Bonchev–Trinajstić information content (AvgIpc) is 2.68. The predicted octanol–water partition coefficient (Wildman–Crippen LogP) is 5.55. The van der Waals surface area contributed by atoms with Crippen molar-refractivity contribution < 1.29 is 14.3 Å². The minimum Gasteiger partial charge on any atom is -0.459 e. The molecule has 0 saturated heterocycles. The molecule has 1 heterocycles. The van der Waals surface area contributed by atoms with Crippen LogP contribution in [0, 0.1) is 5.92 Å². The van der Waals surface area contributed by atoms with Gasteiger partial charge in [0.2, 0.25) is 5.91 Å². The van der Waals surface area contributed by atoms with Gasteiger partial charge in [0.15, 0.2) is 0 Å². The van der Waals surface area contributed by atoms with E-state index in [0.29, 0.717) is 34.4 Å². The number of anilines is 2. The van der Waals surface area contributed by atoms with Crippen molar-refractivity contribution >= 4 is 45.9 Å². The van der Waals surface area contributed by atoms with Crippen LogP contribution in [0.15, 0.2) is 24.3 Å². The summed E-state index contributed by atoms with van der Waals surface area (Å²) in [6.45, 7) is 5.50. The lowest BCUT2D eigenvalue weighted by Gasteiger charge is -2.21. The number of ether oxygens (including phenoxy) is 1. The van der Waals surface area contributed by atoms with Gasteiger partial charge in [0.1, 0.15) is 18.0 Å². The number of carbonyl (C=O) groups is 2. The molecule has 1 aromatic carbocycles. The Labute approximate surface area is 182 Å². The largest absolute Gasteiger partial charge is 0.459 e. The third kappa shape index (κ3) is 6.33. The topological polar surface area (TPSA) is 80.3 Å². The Kier molecular flexibility index (Phi) is 7.19. The van der Waals surface area contributed by atoms with E-state index in [1.165, 1.54) is 19.3 Å². The fourth-order valence-corrected chi connectivity index (χ4v) is 4.00. The maximum absolute atomic E-state index is 12.6. The zero-order chi connectivity index (χ0) is 21.7. The SMILES string of the molecule is CC(C)(C)OC(=O)CNc1ccc2c(NC(=O)CC3CCCCC3)c(Cl)ccc2n1. The van der Waals surface area contributed by atoms with Crippen LogP contribution in [0.25, 0.3) is 10.9 Å². The number of amides is 1. The van der Waals surface area contributed by atoms with Gasteiger partial charge in [-0.25, -0.2) is 4.98 Å². The van der Waals surface area contributed by atoms with Crippen LogP contribution in [0.3, 0.4) is 0 Å². The third-order valence-corrected chi connectivity index (χ3v) is 5.43. The Morgan fingerprint density at radius 2 is 1.87 bits per heavy atom. The molecule has 0 bridgehead atoms. The number of pyridine rings is 1. The van der Waals surface area contributed by atoms with Crippen LogP contribution in [0.4, 0.5) is 11.5 Å². The maximum Gasteiger partial charge on any atom is 0.325 e. The molecule has 0 unspecified atom stereocenters. The van der Waals surface area contributed by atoms with Crippen molar-refractivity contribution in [3.63, 3.8) is 0 Å². The molecule has 0 aliphatic heterocycles. The van der Waals surface area contributed by atoms with Gasteiger partial charge in [-0.05, 0) is 63.8 Å². The predicted molar refractivity (Wildman–Crippen MR) is 121 cm³/mol. The van der Waals surface area contributed by atoms with Gasteiger partial charge in [0.05, 0.1) is 16.2 Å². The number of fused-ring (bicyclic) bond motifs is 1. The average molecular weight is 432 g/mol. The van der Waals surface area contributed by atoms with Gasteiger partial charge in [-0.2, -0.15) is 0 Å². The summed E-state index contributed by atoms with van der Waals surface area (Å²) in [6, 6.07) is 7.14. The fourth-order valence-electron chi connectivity index (χ4n) is 3.79. The summed E-state index contributed by atoms with van der Waals surface area (Å²) in [5.41, 5.74) is 0.736. The van der Waals surface area contributed by atoms with E-state index in [-0.39, 0.29) is 18.4 Å². The van der Waals surface area contributed by atoms with E-state index in [1.807, 2.05) is 26.8 Å². The highest BCUT2D eigenvalue weighted by Crippen LogP contribution is 2.32. The fraction of sp³-hybridized carbons (Fsp3) is 0.522. The molecule has 6 nitrogen and oxygen atoms in total. The second-order valence-electron chi connectivity index (χ2n) is 8.88. The number of nitrogens with zero attached hydrogens (tertiary/aromatic N) is 1. The molecule has 7 heteroatoms. The van der Waals surface area contributed by atoms with Gasteiger partial charge in [0.25, 0.3) is 0 Å². The van der Waals surface area contributed by atoms with Crippen molar-refractivity contribution in [2.45, 2.75) is 64.9 Å². The number of halogens is 1. The van der Waals surface area contributed by atoms with E-state index in [9.17, 15) is 9.59 Å². The highest BCUT2D eigenvalue weighted by atomic mass is 35.5. The van der Waals surface area contributed by atoms with Crippen LogP contribution in [0.5, 0.6) is 0 Å². The Bertz CT molecular complexity index is 918. The molecule has 3 rings (SSSR count). The van der Waals surface area contributed by atoms with Gasteiger partial charge in [-0.3, -0.25) is 9.59 Å². The highest BCUT2D eigenvalue weighted by Gasteiger charge is 2.19. The van der Waals surface area contributed by atoms with E-state index in [1.54, 1.807) is 18.2 Å². The first-order valence-electron chi connectivity index (χ1n) is 10.6. The molecule has 162 valence electrons. The molecule has 2 N–H and O–H groups in total. The van der Waals surface area contributed by atoms with E-state index < -0.39 is 5.60 Å². The molecular formula is C23H30ClN3O3. The zero-order valence-corrected chi connectivity index (χ0v) is 18.6. The lowest BCUT2D eigenvalue weighted by molar-refractivity contribution is -0.152. The Hall–Kier alpha value is -2.34. The van der Waals surface area contributed by atoms with Crippen LogP contribution in [0.2, 0.25) is 5.02 Å². The smallest absolute Gasteiger partial charge is 0.325 e. The van der Waals surface area contributed by atoms with Crippen molar-refractivity contribution in [2.75, 3.05) is 17.2 Å². The Morgan fingerprint density at radius 3 is 2.57 bits per heavy atom. The van der Waals surface area contributed by atoms with Crippen LogP contribution >= 0.6 is 11.6 Å². The molecule has 0 atom stereocenters. The normalized spacial score (nSPS) is 15.1. The molecule has 0 spiro atoms. The highest BCUT2D eigenvalue weighted by molar-refractivity contribution is 6.35. The zero-order valence-electron chi connectivity index (χ0n) is 17.9. The summed E-state index contributed by atoms with van der Waals surface area (Å²) in [4.78, 5) is 29.0. The van der Waals surface area contributed by atoms with Crippen LogP contribution < -0.4 is 10.6 Å². The molecular weight excluding hydrogens is 402 g/mol. The number of nitrogens with one attached hydrogen (secondary N) is 2. The van der Waals surface area contributed by atoms with Gasteiger partial charge >= 0.3 is 5.97 Å². The van der Waals surface area contributed by atoms with Crippen LogP contribution in [0.1, 0.15) is 59.3 Å². The number of hydrogen-bond acceptors (Lipinski definition) is 5. The van der Waals surface area contributed by atoms with Crippen molar-refractivity contribution in [1.29, 1.82) is 0 Å². The first-order chi connectivity index (χ1) is 14.2. The lowest BCUT2D eigenvalue weighted by atomic mass is 9.87. The van der Waals surface area contributed by atoms with Crippen molar-refractivity contribution in [2.24, 2.45) is 5.92 Å². The second kappa shape index (κ2) is 9.65. The van der Waals surface area contributed by atoms with Crippen molar-refractivity contribution in [1.82, 2.24) is 4.98 Å². The number of hydrogen-bond donors (Lipinski definition) is 2. The maximum atomic E-state index is 12.6. The Balaban J connectivity index is 1.69. The number of carbonyl (C=O) groups excluding carboxylic acids is 2. The summed E-state index contributed by atoms with van der Waals surface area (Å²) in [6.07, 6.45) is 6.43. The quantitative estimate of drug-likeness (QED) is 0.586. The van der Waals surface area contributed by atoms with E-state index in [2.05, 4.69) is 15.6 Å². The molecule has 1 saturated carbocycles. The number of esters is 1. The molecule has 1 amide bonds. The third-order valence-electron chi connectivity index (χ3n) is 5.12. The van der Waals surface area contributed by atoms with Gasteiger partial charge in [0, 0.05) is 11.8 Å². The number of benzene rings is 1. The van der Waals surface area contributed by atoms with Crippen molar-refractivity contribution in [3.8, 4) is 0 Å². The van der Waals surface area contributed by atoms with Crippen molar-refractivity contribution in [3.05, 3.63) is 29.3 Å². The Morgan fingerprint density at radius 1 is 1.13 bits per heavy atom. The monoisotopic (exact) mass is 431 g/mol. The van der Waals surface area contributed by atoms with Gasteiger partial charge in [-0.1, -0.05) is 30.9 Å². The minimum atomic E-state index is -0.531. The number of aromatic nitrogens is 1. The van der Waals surface area contributed by atoms with Crippen LogP contribution in [-0.2, 0) is 14.3 Å². The summed E-state index contributed by atoms with van der Waals surface area (Å²) in [5, 5.41) is 7.22. The molecule has 1 aliphatic carbocycles. The number of rotatable bonds is 6. The van der Waals surface area contributed by atoms with Gasteiger partial charge in [-0.15, -0.1) is 0 Å². The first-order valence-corrected chi connectivity index (χ1v) is 10.9. The molecule has 1 aliphatic rings.